The molecule has 0 amide bonds. The second kappa shape index (κ2) is 7.74. The lowest BCUT2D eigenvalue weighted by molar-refractivity contribution is 0.287. The lowest BCUT2D eigenvalue weighted by Gasteiger charge is -2.22. The minimum atomic E-state index is -0.0668. The van der Waals surface area contributed by atoms with E-state index in [0.29, 0.717) is 0 Å². The van der Waals surface area contributed by atoms with Crippen LogP contribution >= 0.6 is 23.2 Å². The molecular weight excluding hydrogens is 403 g/mol. The van der Waals surface area contributed by atoms with Crippen molar-refractivity contribution in [2.75, 3.05) is 6.61 Å². The van der Waals surface area contributed by atoms with Crippen LogP contribution in [0.1, 0.15) is 40.8 Å². The number of benzene rings is 3. The number of hydrogen-bond acceptors (Lipinski definition) is 3. The third kappa shape index (κ3) is 3.61. The van der Waals surface area contributed by atoms with E-state index in [-0.39, 0.29) is 12.1 Å². The number of nitrogens with one attached hydrogen (secondary N) is 1. The molecule has 2 aliphatic rings. The van der Waals surface area contributed by atoms with E-state index in [9.17, 15) is 0 Å². The van der Waals surface area contributed by atoms with Crippen molar-refractivity contribution in [3.8, 4) is 5.75 Å². The van der Waals surface area contributed by atoms with Gasteiger partial charge in [0.05, 0.1) is 18.2 Å². The Hall–Kier alpha value is -2.49. The molecule has 0 fully saturated rings. The molecule has 146 valence electrons. The molecule has 0 aliphatic carbocycles. The van der Waals surface area contributed by atoms with E-state index >= 15 is 0 Å². The number of hydrogen-bond donors (Lipinski definition) is 1. The van der Waals surface area contributed by atoms with Crippen LogP contribution in [-0.2, 0) is 6.42 Å². The molecule has 3 aromatic carbocycles. The predicted octanol–water partition coefficient (Wildman–Crippen LogP) is 6.15. The van der Waals surface area contributed by atoms with Gasteiger partial charge in [0.2, 0.25) is 0 Å². The Morgan fingerprint density at radius 2 is 1.55 bits per heavy atom. The van der Waals surface area contributed by atoms with E-state index in [2.05, 4.69) is 35.6 Å². The summed E-state index contributed by atoms with van der Waals surface area (Å²) in [6.07, 6.45) is 2.09. The summed E-state index contributed by atoms with van der Waals surface area (Å²) in [7, 11) is 0. The second-order valence-electron chi connectivity index (χ2n) is 7.39. The molecule has 5 heteroatoms. The van der Waals surface area contributed by atoms with E-state index in [4.69, 9.17) is 32.9 Å². The fourth-order valence-corrected chi connectivity index (χ4v) is 4.31. The van der Waals surface area contributed by atoms with Crippen LogP contribution in [0.2, 0.25) is 10.0 Å². The molecule has 2 heterocycles. The predicted molar refractivity (Wildman–Crippen MR) is 118 cm³/mol. The van der Waals surface area contributed by atoms with E-state index in [1.54, 1.807) is 0 Å². The number of aryl methyl sites for hydroxylation is 1. The van der Waals surface area contributed by atoms with E-state index < -0.39 is 0 Å². The van der Waals surface area contributed by atoms with Crippen molar-refractivity contribution in [1.82, 2.24) is 5.32 Å². The second-order valence-corrected chi connectivity index (χ2v) is 8.27. The highest BCUT2D eigenvalue weighted by Crippen LogP contribution is 2.39. The van der Waals surface area contributed by atoms with Crippen LogP contribution in [0.4, 0.5) is 0 Å². The summed E-state index contributed by atoms with van der Waals surface area (Å²) >= 11 is 12.2. The Labute approximate surface area is 180 Å². The average Bonchev–Trinajstić information content (AvgIpc) is 3.19. The lowest BCUT2D eigenvalue weighted by atomic mass is 9.95. The van der Waals surface area contributed by atoms with Crippen LogP contribution in [0, 0.1) is 0 Å². The Kier molecular flexibility index (Phi) is 4.94. The third-order valence-corrected chi connectivity index (χ3v) is 6.01. The largest absolute Gasteiger partial charge is 0.493 e. The fraction of sp³-hybridized carbons (Fsp3) is 0.208. The minimum Gasteiger partial charge on any atom is -0.493 e. The molecule has 0 saturated carbocycles. The third-order valence-electron chi connectivity index (χ3n) is 5.51. The van der Waals surface area contributed by atoms with Gasteiger partial charge in [0, 0.05) is 10.0 Å². The maximum absolute atomic E-state index is 6.11. The van der Waals surface area contributed by atoms with E-state index in [1.807, 2.05) is 36.4 Å². The molecule has 3 nitrogen and oxygen atoms in total. The smallest absolute Gasteiger partial charge is 0.133 e. The normalized spacial score (nSPS) is 20.4. The van der Waals surface area contributed by atoms with E-state index in [0.717, 1.165) is 57.8 Å². The van der Waals surface area contributed by atoms with Crippen LogP contribution < -0.4 is 10.1 Å². The topological polar surface area (TPSA) is 33.6 Å². The summed E-state index contributed by atoms with van der Waals surface area (Å²) in [4.78, 5) is 5.10. The molecule has 3 aromatic rings. The number of fused-ring (bicyclic) bond motifs is 1. The van der Waals surface area contributed by atoms with Crippen molar-refractivity contribution in [1.29, 1.82) is 0 Å². The van der Waals surface area contributed by atoms with Gasteiger partial charge in [0.1, 0.15) is 17.6 Å². The van der Waals surface area contributed by atoms with Crippen molar-refractivity contribution in [3.63, 3.8) is 0 Å². The molecule has 5 rings (SSSR count). The van der Waals surface area contributed by atoms with Gasteiger partial charge < -0.3 is 10.1 Å². The average molecular weight is 423 g/mol. The van der Waals surface area contributed by atoms with Gasteiger partial charge in [-0.15, -0.1) is 0 Å². The molecule has 0 aromatic heterocycles. The molecule has 0 bridgehead atoms. The van der Waals surface area contributed by atoms with Crippen LogP contribution in [0.5, 0.6) is 5.75 Å². The first kappa shape index (κ1) is 18.5. The van der Waals surface area contributed by atoms with Crippen molar-refractivity contribution < 1.29 is 4.74 Å². The molecule has 2 atom stereocenters. The van der Waals surface area contributed by atoms with Gasteiger partial charge in [-0.05, 0) is 59.9 Å². The maximum Gasteiger partial charge on any atom is 0.133 e. The van der Waals surface area contributed by atoms with Crippen LogP contribution in [0.25, 0.3) is 0 Å². The number of aliphatic imine (C=N–C) groups is 1. The summed E-state index contributed by atoms with van der Waals surface area (Å²) in [5.41, 5.74) is 4.52. The summed E-state index contributed by atoms with van der Waals surface area (Å²) < 4.78 is 6.02. The summed E-state index contributed by atoms with van der Waals surface area (Å²) in [6, 6.07) is 22.1. The Bertz CT molecular complexity index is 1060. The summed E-state index contributed by atoms with van der Waals surface area (Å²) in [5.74, 6) is 1.82. The zero-order valence-electron chi connectivity index (χ0n) is 15.7. The first-order valence-corrected chi connectivity index (χ1v) is 10.5. The highest BCUT2D eigenvalue weighted by atomic mass is 35.5. The monoisotopic (exact) mass is 422 g/mol. The maximum atomic E-state index is 6.11. The van der Waals surface area contributed by atoms with Crippen LogP contribution in [0.3, 0.4) is 0 Å². The number of ether oxygens (including phenoxy) is 1. The fourth-order valence-electron chi connectivity index (χ4n) is 4.06. The standard InChI is InChI=1S/C24H20Cl2N2O/c25-18-10-6-15(7-11-18)21-22(16-8-12-19(26)13-9-16)28-24(27-21)20-5-1-3-17-4-2-14-29-23(17)20/h1,3,5-13,21-22H,2,4,14H2,(H,27,28). The van der Waals surface area contributed by atoms with Crippen LogP contribution in [0.15, 0.2) is 71.7 Å². The van der Waals surface area contributed by atoms with Gasteiger partial charge in [0.15, 0.2) is 0 Å². The zero-order valence-corrected chi connectivity index (χ0v) is 17.3. The van der Waals surface area contributed by atoms with Crippen molar-refractivity contribution in [2.24, 2.45) is 4.99 Å². The Morgan fingerprint density at radius 3 is 2.28 bits per heavy atom. The number of amidine groups is 1. The highest BCUT2D eigenvalue weighted by molar-refractivity contribution is 6.30. The van der Waals surface area contributed by atoms with Crippen molar-refractivity contribution in [3.05, 3.63) is 99.0 Å². The van der Waals surface area contributed by atoms with Gasteiger partial charge in [-0.25, -0.2) is 0 Å². The molecule has 2 unspecified atom stereocenters. The highest BCUT2D eigenvalue weighted by Gasteiger charge is 2.33. The lowest BCUT2D eigenvalue weighted by Crippen LogP contribution is -2.26. The Morgan fingerprint density at radius 1 is 0.862 bits per heavy atom. The van der Waals surface area contributed by atoms with E-state index in [1.165, 1.54) is 5.56 Å². The summed E-state index contributed by atoms with van der Waals surface area (Å²) in [5, 5.41) is 5.09. The van der Waals surface area contributed by atoms with Gasteiger partial charge in [0.25, 0.3) is 0 Å². The minimum absolute atomic E-state index is 0.00267. The first-order valence-electron chi connectivity index (χ1n) is 9.79. The molecule has 1 N–H and O–H groups in total. The van der Waals surface area contributed by atoms with Crippen molar-refractivity contribution in [2.45, 2.75) is 24.9 Å². The summed E-state index contributed by atoms with van der Waals surface area (Å²) in [6.45, 7) is 0.749. The van der Waals surface area contributed by atoms with Gasteiger partial charge >= 0.3 is 0 Å². The Balaban J connectivity index is 1.58. The van der Waals surface area contributed by atoms with Gasteiger partial charge in [-0.3, -0.25) is 4.99 Å². The quantitative estimate of drug-likeness (QED) is 0.548. The van der Waals surface area contributed by atoms with Gasteiger partial charge in [-0.1, -0.05) is 59.6 Å². The molecule has 2 aliphatic heterocycles. The molecule has 0 saturated heterocycles. The molecular formula is C24H20Cl2N2O. The first-order chi connectivity index (χ1) is 14.2. The number of rotatable bonds is 3. The molecule has 29 heavy (non-hydrogen) atoms. The number of halogens is 2. The molecule has 0 radical (unpaired) electrons. The SMILES string of the molecule is Clc1ccc(C2N=C(c3cccc4c3OCCC4)NC2c2ccc(Cl)cc2)cc1. The van der Waals surface area contributed by atoms with Crippen LogP contribution in [-0.4, -0.2) is 12.4 Å². The molecule has 0 spiro atoms. The number of nitrogens with zero attached hydrogens (tertiary/aromatic N) is 1. The van der Waals surface area contributed by atoms with Crippen molar-refractivity contribution >= 4 is 29.0 Å². The number of para-hydroxylation sites is 1. The zero-order chi connectivity index (χ0) is 19.8. The van der Waals surface area contributed by atoms with Gasteiger partial charge in [-0.2, -0.15) is 0 Å².